The van der Waals surface area contributed by atoms with E-state index in [1.807, 2.05) is 0 Å². The fourth-order valence-electron chi connectivity index (χ4n) is 10.9. The van der Waals surface area contributed by atoms with Crippen LogP contribution in [0.4, 0.5) is 0 Å². The van der Waals surface area contributed by atoms with E-state index >= 15 is 0 Å². The maximum absolute atomic E-state index is 6.90. The third-order valence-electron chi connectivity index (χ3n) is 14.1. The molecule has 5 nitrogen and oxygen atoms in total. The second kappa shape index (κ2) is 14.2. The number of nitrogens with zero attached hydrogens (tertiary/aromatic N) is 4. The Morgan fingerprint density at radius 2 is 0.824 bits per heavy atom. The van der Waals surface area contributed by atoms with Crippen LogP contribution in [0.3, 0.4) is 0 Å². The first-order valence-corrected chi connectivity index (χ1v) is 23.1. The summed E-state index contributed by atoms with van der Waals surface area (Å²) >= 11 is 0. The predicted octanol–water partition coefficient (Wildman–Crippen LogP) is 16.8. The maximum Gasteiger partial charge on any atom is 0.166 e. The molecule has 12 aromatic carbocycles. The smallest absolute Gasteiger partial charge is 0.166 e. The highest BCUT2D eigenvalue weighted by molar-refractivity contribution is 6.22. The van der Waals surface area contributed by atoms with E-state index in [0.717, 1.165) is 98.4 Å². The zero-order chi connectivity index (χ0) is 44.5. The van der Waals surface area contributed by atoms with E-state index in [9.17, 15) is 0 Å². The van der Waals surface area contributed by atoms with Crippen LogP contribution in [0.5, 0.6) is 0 Å². The van der Waals surface area contributed by atoms with Crippen molar-refractivity contribution in [3.8, 4) is 39.9 Å². The van der Waals surface area contributed by atoms with Gasteiger partial charge in [0, 0.05) is 43.6 Å². The summed E-state index contributed by atoms with van der Waals surface area (Å²) in [5, 5.41) is 18.2. The van der Waals surface area contributed by atoms with Crippen LogP contribution in [-0.4, -0.2) is 19.5 Å². The Hall–Kier alpha value is -9.19. The Morgan fingerprint density at radius 1 is 0.294 bits per heavy atom. The van der Waals surface area contributed by atoms with E-state index in [4.69, 9.17) is 19.4 Å². The molecule has 3 aromatic heterocycles. The van der Waals surface area contributed by atoms with Crippen LogP contribution in [0, 0.1) is 0 Å². The second-order valence-corrected chi connectivity index (χ2v) is 18.0. The van der Waals surface area contributed by atoms with Crippen LogP contribution < -0.4 is 0 Å². The van der Waals surface area contributed by atoms with Gasteiger partial charge in [-0.25, -0.2) is 15.0 Å². The van der Waals surface area contributed by atoms with Gasteiger partial charge in [0.25, 0.3) is 0 Å². The number of rotatable bonds is 4. The molecule has 0 fully saturated rings. The van der Waals surface area contributed by atoms with Crippen molar-refractivity contribution < 1.29 is 4.42 Å². The molecule has 5 heteroatoms. The quantitative estimate of drug-likeness (QED) is 0.165. The zero-order valence-corrected chi connectivity index (χ0v) is 36.5. The van der Waals surface area contributed by atoms with Crippen molar-refractivity contribution in [2.24, 2.45) is 0 Å². The zero-order valence-electron chi connectivity index (χ0n) is 36.5. The number of furan rings is 1. The minimum Gasteiger partial charge on any atom is -0.456 e. The summed E-state index contributed by atoms with van der Waals surface area (Å²) in [4.78, 5) is 16.5. The van der Waals surface area contributed by atoms with Gasteiger partial charge in [0.1, 0.15) is 11.2 Å². The first-order chi connectivity index (χ1) is 33.7. The third-order valence-corrected chi connectivity index (χ3v) is 14.1. The average Bonchev–Trinajstić information content (AvgIpc) is 3.92. The molecule has 0 saturated heterocycles. The van der Waals surface area contributed by atoms with Gasteiger partial charge in [0.15, 0.2) is 17.5 Å². The fourth-order valence-corrected chi connectivity index (χ4v) is 10.9. The molecule has 0 amide bonds. The molecule has 68 heavy (non-hydrogen) atoms. The van der Waals surface area contributed by atoms with E-state index in [2.05, 4.69) is 223 Å². The maximum atomic E-state index is 6.90. The van der Waals surface area contributed by atoms with E-state index in [-0.39, 0.29) is 0 Å². The fraction of sp³-hybridized carbons (Fsp3) is 0. The molecule has 0 saturated carbocycles. The Bertz CT molecular complexity index is 4640. The SMILES string of the molecule is c1ccc2cc(-c3nc(-c4cc5oc6cc7ccccc7cc6c5cc4-n4c5cc6ccccc6cc5c5ccc6ccccc6c54)nc(-c4cc5ccccc5c5ccccc45)n3)ccc2c1. The molecule has 3 heterocycles. The normalized spacial score (nSPS) is 12.1. The van der Waals surface area contributed by atoms with Crippen molar-refractivity contribution in [3.63, 3.8) is 0 Å². The summed E-state index contributed by atoms with van der Waals surface area (Å²) < 4.78 is 9.36. The summed E-state index contributed by atoms with van der Waals surface area (Å²) in [6, 6.07) is 78.2. The Kier molecular flexibility index (Phi) is 7.72. The van der Waals surface area contributed by atoms with Crippen LogP contribution in [0.1, 0.15) is 0 Å². The van der Waals surface area contributed by atoms with E-state index in [1.54, 1.807) is 0 Å². The molecule has 15 aromatic rings. The molecule has 0 aliphatic heterocycles. The van der Waals surface area contributed by atoms with Gasteiger partial charge < -0.3 is 8.98 Å². The second-order valence-electron chi connectivity index (χ2n) is 18.0. The Morgan fingerprint density at radius 3 is 1.59 bits per heavy atom. The molecule has 0 aliphatic carbocycles. The lowest BCUT2D eigenvalue weighted by Crippen LogP contribution is -2.04. The van der Waals surface area contributed by atoms with Gasteiger partial charge in [-0.3, -0.25) is 0 Å². The summed E-state index contributed by atoms with van der Waals surface area (Å²) in [5.74, 6) is 1.74. The van der Waals surface area contributed by atoms with E-state index in [0.29, 0.717) is 17.5 Å². The molecule has 0 bridgehead atoms. The largest absolute Gasteiger partial charge is 0.456 e. The van der Waals surface area contributed by atoms with Gasteiger partial charge in [0.2, 0.25) is 0 Å². The number of fused-ring (bicyclic) bond motifs is 14. The monoisotopic (exact) mass is 864 g/mol. The van der Waals surface area contributed by atoms with Crippen LogP contribution in [0.2, 0.25) is 0 Å². The Balaban J connectivity index is 1.11. The van der Waals surface area contributed by atoms with E-state index in [1.165, 1.54) is 32.3 Å². The lowest BCUT2D eigenvalue weighted by molar-refractivity contribution is 0.669. The topological polar surface area (TPSA) is 56.7 Å². The summed E-state index contributed by atoms with van der Waals surface area (Å²) in [6.45, 7) is 0. The first kappa shape index (κ1) is 37.1. The molecule has 0 spiro atoms. The molecular formula is C63H36N4O. The predicted molar refractivity (Wildman–Crippen MR) is 283 cm³/mol. The van der Waals surface area contributed by atoms with Crippen molar-refractivity contribution in [1.29, 1.82) is 0 Å². The molecule has 314 valence electrons. The highest BCUT2D eigenvalue weighted by Crippen LogP contribution is 2.44. The molecule has 0 radical (unpaired) electrons. The summed E-state index contributed by atoms with van der Waals surface area (Å²) in [6.07, 6.45) is 0. The first-order valence-electron chi connectivity index (χ1n) is 23.1. The van der Waals surface area contributed by atoms with Gasteiger partial charge in [-0.15, -0.1) is 0 Å². The van der Waals surface area contributed by atoms with Crippen molar-refractivity contribution >= 4 is 108 Å². The van der Waals surface area contributed by atoms with Gasteiger partial charge in [-0.05, 0) is 108 Å². The molecule has 0 aliphatic rings. The van der Waals surface area contributed by atoms with Crippen LogP contribution >= 0.6 is 0 Å². The van der Waals surface area contributed by atoms with Crippen LogP contribution in [0.15, 0.2) is 223 Å². The lowest BCUT2D eigenvalue weighted by atomic mass is 9.96. The average molecular weight is 865 g/mol. The standard InChI is InChI=1S/C63H36N4O/c1-2-15-39-29-45(26-25-37(39)13-1)61-64-62(54-32-44-20-8-9-21-46(44)48-23-11-12-24-49(48)54)66-63(65-61)55-36-59-53(52-31-41-17-4-6-19-43(41)34-58(52)68-59)35-57(55)67-56-33-42-18-5-3-16-40(42)30-51(56)50-28-27-38-14-7-10-22-47(38)60(50)67/h1-36H. The van der Waals surface area contributed by atoms with Crippen molar-refractivity contribution in [1.82, 2.24) is 19.5 Å². The van der Waals surface area contributed by atoms with Gasteiger partial charge in [-0.2, -0.15) is 0 Å². The van der Waals surface area contributed by atoms with Crippen molar-refractivity contribution in [2.75, 3.05) is 0 Å². The molecule has 0 N–H and O–H groups in total. The summed E-state index contributed by atoms with van der Waals surface area (Å²) in [5.41, 5.74) is 7.44. The minimum absolute atomic E-state index is 0.550. The lowest BCUT2D eigenvalue weighted by Gasteiger charge is -2.17. The summed E-state index contributed by atoms with van der Waals surface area (Å²) in [7, 11) is 0. The number of hydrogen-bond donors (Lipinski definition) is 0. The number of aromatic nitrogens is 4. The molecule has 15 rings (SSSR count). The number of benzene rings is 12. The van der Waals surface area contributed by atoms with Crippen molar-refractivity contribution in [3.05, 3.63) is 218 Å². The van der Waals surface area contributed by atoms with Gasteiger partial charge >= 0.3 is 0 Å². The van der Waals surface area contributed by atoms with E-state index < -0.39 is 0 Å². The molecule has 0 unspecified atom stereocenters. The van der Waals surface area contributed by atoms with Gasteiger partial charge in [-0.1, -0.05) is 170 Å². The number of hydrogen-bond acceptors (Lipinski definition) is 4. The molecule has 0 atom stereocenters. The van der Waals surface area contributed by atoms with Gasteiger partial charge in [0.05, 0.1) is 16.7 Å². The van der Waals surface area contributed by atoms with Crippen LogP contribution in [-0.2, 0) is 0 Å². The molecular weight excluding hydrogens is 829 g/mol. The minimum atomic E-state index is 0.550. The van der Waals surface area contributed by atoms with Crippen LogP contribution in [0.25, 0.3) is 148 Å². The third kappa shape index (κ3) is 5.53. The Labute approximate surface area is 388 Å². The highest BCUT2D eigenvalue weighted by atomic mass is 16.3. The highest BCUT2D eigenvalue weighted by Gasteiger charge is 2.24. The van der Waals surface area contributed by atoms with Crippen molar-refractivity contribution in [2.45, 2.75) is 0 Å².